The largest absolute Gasteiger partial charge is 2.00 e. The van der Waals surface area contributed by atoms with E-state index in [1.165, 1.54) is 44.9 Å². The summed E-state index contributed by atoms with van der Waals surface area (Å²) in [6.45, 7) is 9.28. The van der Waals surface area contributed by atoms with Crippen LogP contribution in [0.5, 0.6) is 0 Å². The molecule has 21 heavy (non-hydrogen) atoms. The van der Waals surface area contributed by atoms with Gasteiger partial charge in [-0.3, -0.25) is 0 Å². The SMILES string of the molecule is CC(C)C1[CH-]CCC1.CCC(C)C1[CH-]CCC1.[Br-].[Br-].[Mg+2].[Mg+2]. The summed E-state index contributed by atoms with van der Waals surface area (Å²) in [7, 11) is 0. The van der Waals surface area contributed by atoms with Crippen molar-refractivity contribution < 1.29 is 34.0 Å². The number of rotatable bonds is 3. The van der Waals surface area contributed by atoms with E-state index >= 15 is 0 Å². The first kappa shape index (κ1) is 31.3. The predicted molar refractivity (Wildman–Crippen MR) is 89.1 cm³/mol. The molecule has 0 bridgehead atoms. The van der Waals surface area contributed by atoms with Crippen LogP contribution in [0.15, 0.2) is 0 Å². The summed E-state index contributed by atoms with van der Waals surface area (Å²) in [6.07, 6.45) is 14.8. The first-order valence-electron chi connectivity index (χ1n) is 7.81. The molecule has 2 fully saturated rings. The van der Waals surface area contributed by atoms with Gasteiger partial charge >= 0.3 is 46.1 Å². The quantitative estimate of drug-likeness (QED) is 0.384. The summed E-state index contributed by atoms with van der Waals surface area (Å²) < 4.78 is 0. The van der Waals surface area contributed by atoms with Gasteiger partial charge in [-0.1, -0.05) is 71.6 Å². The van der Waals surface area contributed by atoms with Crippen LogP contribution in [0.2, 0.25) is 0 Å². The molecule has 0 spiro atoms. The Morgan fingerprint density at radius 1 is 0.857 bits per heavy atom. The van der Waals surface area contributed by atoms with Gasteiger partial charge in [0.05, 0.1) is 0 Å². The van der Waals surface area contributed by atoms with Gasteiger partial charge in [0, 0.05) is 0 Å². The molecule has 0 heterocycles. The minimum Gasteiger partial charge on any atom is -1.00 e. The van der Waals surface area contributed by atoms with Crippen LogP contribution in [-0.2, 0) is 0 Å². The predicted octanol–water partition coefficient (Wildman–Crippen LogP) is -1.07. The zero-order valence-electron chi connectivity index (χ0n) is 14.6. The minimum absolute atomic E-state index is 0. The van der Waals surface area contributed by atoms with Crippen LogP contribution < -0.4 is 34.0 Å². The first-order valence-corrected chi connectivity index (χ1v) is 7.81. The molecule has 4 heteroatoms. The van der Waals surface area contributed by atoms with Crippen LogP contribution in [0, 0.1) is 36.5 Å². The Morgan fingerprint density at radius 3 is 1.52 bits per heavy atom. The second-order valence-electron chi connectivity index (χ2n) is 6.29. The fourth-order valence-corrected chi connectivity index (χ4v) is 3.03. The molecule has 3 atom stereocenters. The van der Waals surface area contributed by atoms with Crippen LogP contribution in [0.4, 0.5) is 0 Å². The molecule has 2 aliphatic carbocycles. The maximum Gasteiger partial charge on any atom is 2.00 e. The molecule has 2 rings (SSSR count). The van der Waals surface area contributed by atoms with Crippen molar-refractivity contribution in [3.8, 4) is 0 Å². The van der Waals surface area contributed by atoms with Gasteiger partial charge in [0.1, 0.15) is 0 Å². The van der Waals surface area contributed by atoms with Crippen molar-refractivity contribution in [1.29, 1.82) is 0 Å². The van der Waals surface area contributed by atoms with Crippen molar-refractivity contribution in [2.24, 2.45) is 23.7 Å². The third-order valence-electron chi connectivity index (χ3n) is 4.65. The molecule has 2 saturated carbocycles. The van der Waals surface area contributed by atoms with Crippen LogP contribution >= 0.6 is 0 Å². The Kier molecular flexibility index (Phi) is 28.0. The molecule has 3 unspecified atom stereocenters. The number of halogens is 2. The maximum atomic E-state index is 2.51. The summed E-state index contributed by atoms with van der Waals surface area (Å²) in [5, 5.41) is 0. The maximum absolute atomic E-state index is 2.51. The second kappa shape index (κ2) is 18.8. The number of hydrogen-bond acceptors (Lipinski definition) is 0. The van der Waals surface area contributed by atoms with Gasteiger partial charge in [0.15, 0.2) is 0 Å². The molecule has 2 aliphatic rings. The average Bonchev–Trinajstić information content (AvgIpc) is 3.01. The van der Waals surface area contributed by atoms with Gasteiger partial charge in [0.2, 0.25) is 0 Å². The summed E-state index contributed by atoms with van der Waals surface area (Å²) in [4.78, 5) is 0. The van der Waals surface area contributed by atoms with Crippen LogP contribution in [0.3, 0.4) is 0 Å². The van der Waals surface area contributed by atoms with E-state index in [0.29, 0.717) is 0 Å². The van der Waals surface area contributed by atoms with E-state index in [1.54, 1.807) is 0 Å². The summed E-state index contributed by atoms with van der Waals surface area (Å²) in [6, 6.07) is 0. The molecular formula is C17H32Br2Mg2. The molecule has 0 aromatic rings. The smallest absolute Gasteiger partial charge is 1.00 e. The fraction of sp³-hybridized carbons (Fsp3) is 0.882. The molecular weight excluding hydrogens is 413 g/mol. The Hall–Kier alpha value is 2.49. The van der Waals surface area contributed by atoms with Crippen molar-refractivity contribution in [3.63, 3.8) is 0 Å². The van der Waals surface area contributed by atoms with Crippen LogP contribution in [0.25, 0.3) is 0 Å². The zero-order chi connectivity index (χ0) is 12.7. The Morgan fingerprint density at radius 2 is 1.29 bits per heavy atom. The van der Waals surface area contributed by atoms with E-state index in [2.05, 4.69) is 40.5 Å². The van der Waals surface area contributed by atoms with Gasteiger partial charge in [-0.25, -0.2) is 0 Å². The average molecular weight is 445 g/mol. The summed E-state index contributed by atoms with van der Waals surface area (Å²) in [5.74, 6) is 3.72. The Labute approximate surface area is 187 Å². The molecule has 0 aromatic carbocycles. The van der Waals surface area contributed by atoms with Crippen molar-refractivity contribution in [3.05, 3.63) is 12.8 Å². The minimum atomic E-state index is 0. The van der Waals surface area contributed by atoms with Gasteiger partial charge in [-0.15, -0.1) is 0 Å². The fourth-order valence-electron chi connectivity index (χ4n) is 3.03. The van der Waals surface area contributed by atoms with Gasteiger partial charge in [-0.05, 0) is 0 Å². The van der Waals surface area contributed by atoms with Crippen molar-refractivity contribution in [1.82, 2.24) is 0 Å². The molecule has 0 radical (unpaired) electrons. The first-order chi connectivity index (χ1) is 8.15. The third kappa shape index (κ3) is 13.5. The van der Waals surface area contributed by atoms with E-state index in [1.807, 2.05) is 0 Å². The van der Waals surface area contributed by atoms with Crippen LogP contribution in [-0.4, -0.2) is 46.1 Å². The van der Waals surface area contributed by atoms with Gasteiger partial charge < -0.3 is 46.8 Å². The van der Waals surface area contributed by atoms with E-state index in [4.69, 9.17) is 0 Å². The molecule has 0 saturated heterocycles. The molecule has 0 aliphatic heterocycles. The van der Waals surface area contributed by atoms with E-state index in [0.717, 1.165) is 23.7 Å². The summed E-state index contributed by atoms with van der Waals surface area (Å²) in [5.41, 5.74) is 0. The number of hydrogen-bond donors (Lipinski definition) is 0. The molecule has 118 valence electrons. The van der Waals surface area contributed by atoms with Crippen LogP contribution in [0.1, 0.15) is 72.6 Å². The van der Waals surface area contributed by atoms with Crippen molar-refractivity contribution in [2.75, 3.05) is 0 Å². The van der Waals surface area contributed by atoms with E-state index < -0.39 is 0 Å². The third-order valence-corrected chi connectivity index (χ3v) is 4.65. The molecule has 0 amide bonds. The van der Waals surface area contributed by atoms with Gasteiger partial charge in [0.25, 0.3) is 0 Å². The molecule has 0 N–H and O–H groups in total. The zero-order valence-corrected chi connectivity index (χ0v) is 20.6. The monoisotopic (exact) mass is 442 g/mol. The molecule has 0 nitrogen and oxygen atoms in total. The molecule has 0 aromatic heterocycles. The Balaban J connectivity index is -0.000000116. The van der Waals surface area contributed by atoms with Crippen molar-refractivity contribution >= 4 is 46.1 Å². The van der Waals surface area contributed by atoms with E-state index in [9.17, 15) is 0 Å². The van der Waals surface area contributed by atoms with E-state index in [-0.39, 0.29) is 80.1 Å². The summed E-state index contributed by atoms with van der Waals surface area (Å²) >= 11 is 0. The second-order valence-corrected chi connectivity index (χ2v) is 6.29. The van der Waals surface area contributed by atoms with Gasteiger partial charge in [-0.2, -0.15) is 24.7 Å². The topological polar surface area (TPSA) is 0 Å². The standard InChI is InChI=1S/C9H17.C8H15.2BrH.2Mg/c1-3-8(2)9-6-4-5-7-9;1-7(2)8-5-3-4-6-8;;;;/h6,8-9H,3-5,7H2,1-2H3;5,7-8H,3-4,6H2,1-2H3;2*1H;;/q2*-1;;;2*+2/p-2. The van der Waals surface area contributed by atoms with Crippen molar-refractivity contribution in [2.45, 2.75) is 72.6 Å². The normalized spacial score (nSPS) is 24.4. The Bertz CT molecular complexity index is 189.